The normalized spacial score (nSPS) is 13.2. The Morgan fingerprint density at radius 3 is 2.12 bits per heavy atom. The van der Waals surface area contributed by atoms with Crippen LogP contribution in [0.1, 0.15) is 36.2 Å². The number of hydrogen-bond acceptors (Lipinski definition) is 3. The van der Waals surface area contributed by atoms with E-state index >= 15 is 0 Å². The molecule has 138 valence electrons. The van der Waals surface area contributed by atoms with E-state index in [9.17, 15) is 14.7 Å². The van der Waals surface area contributed by atoms with Crippen LogP contribution in [0.25, 0.3) is 0 Å². The molecule has 0 heterocycles. The van der Waals surface area contributed by atoms with Crippen molar-refractivity contribution < 1.29 is 14.7 Å². The van der Waals surface area contributed by atoms with E-state index in [0.717, 1.165) is 5.56 Å². The van der Waals surface area contributed by atoms with E-state index in [0.29, 0.717) is 18.4 Å². The standard InChI is InChI=1S/C21H25NO3S/c1-15(2)19(21(24)25)14-18(13-16-9-5-3-6-10-16)26-22-20(23)17-11-7-4-8-12-17/h3-12,15,18-19H,13-14H2,1-2H3,(H,22,23)(H,24,25). The van der Waals surface area contributed by atoms with Crippen LogP contribution in [-0.4, -0.2) is 22.2 Å². The number of rotatable bonds is 9. The molecule has 0 aliphatic carbocycles. The summed E-state index contributed by atoms with van der Waals surface area (Å²) in [5.74, 6) is -1.35. The predicted molar refractivity (Wildman–Crippen MR) is 106 cm³/mol. The molecule has 2 aromatic carbocycles. The van der Waals surface area contributed by atoms with Gasteiger partial charge in [-0.3, -0.25) is 14.3 Å². The topological polar surface area (TPSA) is 66.4 Å². The Morgan fingerprint density at radius 1 is 1.00 bits per heavy atom. The quantitative estimate of drug-likeness (QED) is 0.640. The summed E-state index contributed by atoms with van der Waals surface area (Å²) < 4.78 is 2.89. The summed E-state index contributed by atoms with van der Waals surface area (Å²) in [7, 11) is 0. The smallest absolute Gasteiger partial charge is 0.306 e. The van der Waals surface area contributed by atoms with Gasteiger partial charge in [0.2, 0.25) is 0 Å². The summed E-state index contributed by atoms with van der Waals surface area (Å²) in [4.78, 5) is 23.9. The second kappa shape index (κ2) is 10.0. The van der Waals surface area contributed by atoms with Gasteiger partial charge in [0.15, 0.2) is 0 Å². The van der Waals surface area contributed by atoms with Gasteiger partial charge in [0.1, 0.15) is 0 Å². The maximum Gasteiger partial charge on any atom is 0.306 e. The van der Waals surface area contributed by atoms with Gasteiger partial charge in [0.25, 0.3) is 5.91 Å². The lowest BCUT2D eigenvalue weighted by Gasteiger charge is -2.23. The summed E-state index contributed by atoms with van der Waals surface area (Å²) in [6, 6.07) is 19.0. The van der Waals surface area contributed by atoms with Gasteiger partial charge >= 0.3 is 5.97 Å². The van der Waals surface area contributed by atoms with E-state index in [1.807, 2.05) is 62.4 Å². The number of carbonyl (C=O) groups is 2. The third kappa shape index (κ3) is 6.23. The summed E-state index contributed by atoms with van der Waals surface area (Å²) in [6.45, 7) is 3.84. The van der Waals surface area contributed by atoms with Gasteiger partial charge in [0, 0.05) is 10.8 Å². The molecule has 4 nitrogen and oxygen atoms in total. The number of amides is 1. The SMILES string of the molecule is CC(C)C(CC(Cc1ccccc1)SNC(=O)c1ccccc1)C(=O)O. The van der Waals surface area contributed by atoms with E-state index in [1.165, 1.54) is 11.9 Å². The summed E-state index contributed by atoms with van der Waals surface area (Å²) in [6.07, 6.45) is 1.21. The lowest BCUT2D eigenvalue weighted by molar-refractivity contribution is -0.143. The van der Waals surface area contributed by atoms with Crippen LogP contribution < -0.4 is 4.72 Å². The van der Waals surface area contributed by atoms with Crippen molar-refractivity contribution in [3.8, 4) is 0 Å². The minimum atomic E-state index is -0.784. The molecule has 0 saturated carbocycles. The van der Waals surface area contributed by atoms with Crippen LogP contribution in [0.2, 0.25) is 0 Å². The van der Waals surface area contributed by atoms with Crippen molar-refractivity contribution in [2.75, 3.05) is 0 Å². The molecule has 5 heteroatoms. The first-order chi connectivity index (χ1) is 12.5. The van der Waals surface area contributed by atoms with Crippen LogP contribution in [0, 0.1) is 11.8 Å². The van der Waals surface area contributed by atoms with Crippen molar-refractivity contribution in [2.24, 2.45) is 11.8 Å². The predicted octanol–water partition coefficient (Wildman–Crippen LogP) is 4.42. The van der Waals surface area contributed by atoms with Crippen molar-refractivity contribution in [1.82, 2.24) is 4.72 Å². The van der Waals surface area contributed by atoms with Crippen LogP contribution >= 0.6 is 11.9 Å². The molecule has 0 spiro atoms. The second-order valence-electron chi connectivity index (χ2n) is 6.65. The Kier molecular flexibility index (Phi) is 7.73. The van der Waals surface area contributed by atoms with Crippen molar-refractivity contribution in [1.29, 1.82) is 0 Å². The fourth-order valence-corrected chi connectivity index (χ4v) is 3.75. The number of benzene rings is 2. The molecule has 0 radical (unpaired) electrons. The Morgan fingerprint density at radius 2 is 1.58 bits per heavy atom. The maximum atomic E-state index is 12.3. The zero-order valence-corrected chi connectivity index (χ0v) is 15.9. The third-order valence-corrected chi connectivity index (χ3v) is 5.29. The molecule has 0 saturated heterocycles. The molecule has 2 aromatic rings. The molecule has 2 unspecified atom stereocenters. The average molecular weight is 372 g/mol. The summed E-state index contributed by atoms with van der Waals surface area (Å²) in [5.41, 5.74) is 1.73. The Hall–Kier alpha value is -2.27. The molecular formula is C21H25NO3S. The fourth-order valence-electron chi connectivity index (χ4n) is 2.78. The van der Waals surface area contributed by atoms with Gasteiger partial charge in [-0.2, -0.15) is 0 Å². The third-order valence-electron chi connectivity index (χ3n) is 4.30. The minimum absolute atomic E-state index is 0.0198. The molecular weight excluding hydrogens is 346 g/mol. The van der Waals surface area contributed by atoms with Gasteiger partial charge in [-0.1, -0.05) is 62.4 Å². The molecule has 2 N–H and O–H groups in total. The van der Waals surface area contributed by atoms with Crippen LogP contribution in [0.4, 0.5) is 0 Å². The molecule has 0 bridgehead atoms. The van der Waals surface area contributed by atoms with E-state index < -0.39 is 11.9 Å². The minimum Gasteiger partial charge on any atom is -0.481 e. The molecule has 0 aliphatic rings. The Balaban J connectivity index is 2.06. The average Bonchev–Trinajstić information content (AvgIpc) is 2.64. The van der Waals surface area contributed by atoms with E-state index in [1.54, 1.807) is 12.1 Å². The summed E-state index contributed by atoms with van der Waals surface area (Å²) >= 11 is 1.32. The summed E-state index contributed by atoms with van der Waals surface area (Å²) in [5, 5.41) is 9.50. The zero-order valence-electron chi connectivity index (χ0n) is 15.1. The first-order valence-corrected chi connectivity index (χ1v) is 9.63. The Labute approximate surface area is 159 Å². The lowest BCUT2D eigenvalue weighted by atomic mass is 9.89. The maximum absolute atomic E-state index is 12.3. The van der Waals surface area contributed by atoms with Crippen LogP contribution in [0.15, 0.2) is 60.7 Å². The number of nitrogens with one attached hydrogen (secondary N) is 1. The van der Waals surface area contributed by atoms with Crippen molar-refractivity contribution in [2.45, 2.75) is 31.9 Å². The number of carboxylic acids is 1. The first kappa shape index (κ1) is 20.0. The van der Waals surface area contributed by atoms with Crippen molar-refractivity contribution in [3.05, 3.63) is 71.8 Å². The van der Waals surface area contributed by atoms with Gasteiger partial charge < -0.3 is 5.11 Å². The van der Waals surface area contributed by atoms with Gasteiger partial charge in [-0.25, -0.2) is 0 Å². The highest BCUT2D eigenvalue weighted by Gasteiger charge is 2.26. The van der Waals surface area contributed by atoms with E-state index in [2.05, 4.69) is 4.72 Å². The van der Waals surface area contributed by atoms with Gasteiger partial charge in [0.05, 0.1) is 5.92 Å². The van der Waals surface area contributed by atoms with Crippen molar-refractivity contribution >= 4 is 23.8 Å². The highest BCUT2D eigenvalue weighted by molar-refractivity contribution is 7.98. The van der Waals surface area contributed by atoms with Crippen LogP contribution in [0.5, 0.6) is 0 Å². The second-order valence-corrected chi connectivity index (χ2v) is 7.76. The van der Waals surface area contributed by atoms with E-state index in [4.69, 9.17) is 0 Å². The lowest BCUT2D eigenvalue weighted by Crippen LogP contribution is -2.28. The Bertz CT molecular complexity index is 704. The number of carbonyl (C=O) groups excluding carboxylic acids is 1. The molecule has 0 aromatic heterocycles. The van der Waals surface area contributed by atoms with E-state index in [-0.39, 0.29) is 17.1 Å². The fraction of sp³-hybridized carbons (Fsp3) is 0.333. The highest BCUT2D eigenvalue weighted by Crippen LogP contribution is 2.26. The molecule has 0 fully saturated rings. The molecule has 2 rings (SSSR count). The monoisotopic (exact) mass is 371 g/mol. The highest BCUT2D eigenvalue weighted by atomic mass is 32.2. The van der Waals surface area contributed by atoms with Gasteiger partial charge in [-0.15, -0.1) is 0 Å². The molecule has 1 amide bonds. The molecule has 0 aliphatic heterocycles. The number of carboxylic acid groups (broad SMARTS) is 1. The molecule has 26 heavy (non-hydrogen) atoms. The molecule has 2 atom stereocenters. The van der Waals surface area contributed by atoms with Gasteiger partial charge in [-0.05, 0) is 48.4 Å². The van der Waals surface area contributed by atoms with Crippen molar-refractivity contribution in [3.63, 3.8) is 0 Å². The first-order valence-electron chi connectivity index (χ1n) is 8.75. The number of aliphatic carboxylic acids is 1. The largest absolute Gasteiger partial charge is 0.481 e. The zero-order chi connectivity index (χ0) is 18.9. The number of hydrogen-bond donors (Lipinski definition) is 2. The van der Waals surface area contributed by atoms with Crippen LogP contribution in [-0.2, 0) is 11.2 Å². The van der Waals surface area contributed by atoms with Crippen LogP contribution in [0.3, 0.4) is 0 Å².